The highest BCUT2D eigenvalue weighted by Gasteiger charge is 2.34. The van der Waals surface area contributed by atoms with Crippen LogP contribution in [0.4, 0.5) is 0 Å². The molecule has 0 spiro atoms. The molecule has 0 saturated carbocycles. The van der Waals surface area contributed by atoms with Gasteiger partial charge in [-0.1, -0.05) is 65.9 Å². The largest absolute Gasteiger partial charge is 0.490 e. The molecule has 0 bridgehead atoms. The van der Waals surface area contributed by atoms with Gasteiger partial charge in [-0.3, -0.25) is 9.36 Å². The predicted molar refractivity (Wildman–Crippen MR) is 203 cm³/mol. The number of hydrogen-bond acceptors (Lipinski definition) is 10. The number of thiazole rings is 1. The van der Waals surface area contributed by atoms with Crippen molar-refractivity contribution < 1.29 is 33.3 Å². The van der Waals surface area contributed by atoms with Gasteiger partial charge in [0.15, 0.2) is 22.9 Å². The Bertz CT molecular complexity index is 2340. The number of hydrogen-bond donors (Lipinski definition) is 0. The lowest BCUT2D eigenvalue weighted by atomic mass is 9.95. The maximum atomic E-state index is 14.2. The first-order valence-electron chi connectivity index (χ1n) is 16.3. The Hall–Kier alpha value is -4.95. The van der Waals surface area contributed by atoms with Gasteiger partial charge in [0.05, 0.1) is 45.7 Å². The highest BCUT2D eigenvalue weighted by molar-refractivity contribution is 14.1. The number of aromatic nitrogens is 1. The van der Waals surface area contributed by atoms with Crippen molar-refractivity contribution in [3.8, 4) is 17.2 Å². The van der Waals surface area contributed by atoms with Gasteiger partial charge in [0.2, 0.25) is 0 Å². The van der Waals surface area contributed by atoms with E-state index in [9.17, 15) is 14.4 Å². The third-order valence-electron chi connectivity index (χ3n) is 8.19. The van der Waals surface area contributed by atoms with Crippen LogP contribution in [0.1, 0.15) is 43.5 Å². The minimum absolute atomic E-state index is 0.150. The van der Waals surface area contributed by atoms with Gasteiger partial charge in [0.1, 0.15) is 12.4 Å². The van der Waals surface area contributed by atoms with Gasteiger partial charge in [-0.15, -0.1) is 0 Å². The lowest BCUT2D eigenvalue weighted by molar-refractivity contribution is -0.143. The molecule has 4 aromatic carbocycles. The van der Waals surface area contributed by atoms with Crippen molar-refractivity contribution in [3.63, 3.8) is 0 Å². The van der Waals surface area contributed by atoms with Crippen LogP contribution < -0.4 is 29.1 Å². The van der Waals surface area contributed by atoms with E-state index in [-0.39, 0.29) is 24.3 Å². The summed E-state index contributed by atoms with van der Waals surface area (Å²) >= 11 is 3.48. The van der Waals surface area contributed by atoms with Crippen LogP contribution in [0.15, 0.2) is 99.9 Å². The third kappa shape index (κ3) is 7.71. The molecule has 2 heterocycles. The van der Waals surface area contributed by atoms with E-state index in [0.29, 0.717) is 45.3 Å². The summed E-state index contributed by atoms with van der Waals surface area (Å²) in [5.41, 5.74) is 2.86. The zero-order chi connectivity index (χ0) is 36.1. The smallest absolute Gasteiger partial charge is 0.343 e. The summed E-state index contributed by atoms with van der Waals surface area (Å²) in [5.74, 6) is 0.276. The van der Waals surface area contributed by atoms with Gasteiger partial charge in [-0.2, -0.15) is 0 Å². The van der Waals surface area contributed by atoms with E-state index in [0.717, 1.165) is 31.2 Å². The Morgan fingerprint density at radius 1 is 0.922 bits per heavy atom. The van der Waals surface area contributed by atoms with Crippen LogP contribution in [-0.2, 0) is 25.7 Å². The molecular formula is C39H35IN2O8S. The molecule has 1 atom stereocenters. The fourth-order valence-corrected chi connectivity index (χ4v) is 7.58. The molecule has 1 aromatic heterocycles. The van der Waals surface area contributed by atoms with Crippen LogP contribution in [-0.4, -0.2) is 43.4 Å². The molecule has 1 aliphatic heterocycles. The van der Waals surface area contributed by atoms with E-state index < -0.39 is 18.0 Å². The maximum Gasteiger partial charge on any atom is 0.343 e. The Labute approximate surface area is 311 Å². The van der Waals surface area contributed by atoms with Crippen molar-refractivity contribution in [2.45, 2.75) is 33.4 Å². The Morgan fingerprint density at radius 3 is 2.47 bits per heavy atom. The van der Waals surface area contributed by atoms with Gasteiger partial charge in [0.25, 0.3) is 5.56 Å². The molecule has 0 fully saturated rings. The van der Waals surface area contributed by atoms with Crippen molar-refractivity contribution >= 4 is 62.7 Å². The summed E-state index contributed by atoms with van der Waals surface area (Å²) in [6.07, 6.45) is 1.82. The second-order valence-corrected chi connectivity index (χ2v) is 13.6. The minimum Gasteiger partial charge on any atom is -0.490 e. The number of nitrogens with zero attached hydrogens (tertiary/aromatic N) is 2. The van der Waals surface area contributed by atoms with E-state index in [1.54, 1.807) is 32.0 Å². The molecule has 5 aromatic rings. The van der Waals surface area contributed by atoms with Gasteiger partial charge in [-0.05, 0) is 101 Å². The average molecular weight is 819 g/mol. The fourth-order valence-electron chi connectivity index (χ4n) is 5.83. The van der Waals surface area contributed by atoms with Crippen molar-refractivity contribution in [2.75, 3.05) is 26.9 Å². The van der Waals surface area contributed by atoms with Gasteiger partial charge in [-0.25, -0.2) is 14.6 Å². The number of benzene rings is 4. The highest BCUT2D eigenvalue weighted by atomic mass is 127. The second kappa shape index (κ2) is 15.9. The van der Waals surface area contributed by atoms with E-state index >= 15 is 0 Å². The maximum absolute atomic E-state index is 14.2. The van der Waals surface area contributed by atoms with Crippen LogP contribution in [0.25, 0.3) is 16.8 Å². The number of methoxy groups -OCH3 is 1. The van der Waals surface area contributed by atoms with E-state index in [4.69, 9.17) is 23.7 Å². The molecule has 0 radical (unpaired) electrons. The summed E-state index contributed by atoms with van der Waals surface area (Å²) in [4.78, 5) is 44.5. The number of carbonyl (C=O) groups is 2. The monoisotopic (exact) mass is 818 g/mol. The van der Waals surface area contributed by atoms with Crippen molar-refractivity contribution in [1.82, 2.24) is 4.57 Å². The average Bonchev–Trinajstić information content (AvgIpc) is 3.43. The van der Waals surface area contributed by atoms with Crippen LogP contribution in [0, 0.1) is 3.57 Å². The predicted octanol–water partition coefficient (Wildman–Crippen LogP) is 6.09. The fraction of sp³-hybridized carbons (Fsp3) is 0.231. The van der Waals surface area contributed by atoms with E-state index in [2.05, 4.69) is 51.8 Å². The van der Waals surface area contributed by atoms with Crippen molar-refractivity contribution in [1.29, 1.82) is 0 Å². The molecule has 6 rings (SSSR count). The zero-order valence-corrected chi connectivity index (χ0v) is 31.4. The molecular weight excluding hydrogens is 783 g/mol. The molecule has 0 saturated heterocycles. The first-order valence-corrected chi connectivity index (χ1v) is 18.2. The molecule has 0 aliphatic carbocycles. The number of allylic oxidation sites excluding steroid dienone is 1. The molecule has 51 heavy (non-hydrogen) atoms. The Morgan fingerprint density at radius 2 is 1.71 bits per heavy atom. The molecule has 0 N–H and O–H groups in total. The highest BCUT2D eigenvalue weighted by Crippen LogP contribution is 2.36. The minimum atomic E-state index is -0.860. The number of esters is 2. The van der Waals surface area contributed by atoms with Crippen LogP contribution in [0.5, 0.6) is 17.2 Å². The first kappa shape index (κ1) is 35.9. The molecule has 262 valence electrons. The third-order valence-corrected chi connectivity index (χ3v) is 10.0. The number of ether oxygens (including phenoxy) is 5. The Kier molecular flexibility index (Phi) is 11.2. The van der Waals surface area contributed by atoms with Gasteiger partial charge < -0.3 is 23.7 Å². The summed E-state index contributed by atoms with van der Waals surface area (Å²) in [6, 6.07) is 24.4. The van der Waals surface area contributed by atoms with Crippen molar-refractivity contribution in [3.05, 3.63) is 130 Å². The van der Waals surface area contributed by atoms with Crippen LogP contribution in [0.3, 0.4) is 0 Å². The molecule has 10 nitrogen and oxygen atoms in total. The molecule has 0 amide bonds. The van der Waals surface area contributed by atoms with Gasteiger partial charge in [0, 0.05) is 0 Å². The summed E-state index contributed by atoms with van der Waals surface area (Å²) in [7, 11) is 1.28. The quantitative estimate of drug-likeness (QED) is 0.110. The second-order valence-electron chi connectivity index (χ2n) is 11.4. The number of halogens is 1. The SMILES string of the molecule is CCOC(=O)C1=C(C)N=c2s/c(=C\c3ccc(OCc4cccc5ccccc45)c(I)c3)c(=O)n2[C@H]1c1ccc(OCC(=O)OC)c(OCC)c1. The van der Waals surface area contributed by atoms with E-state index in [1.165, 1.54) is 23.0 Å². The molecule has 1 aliphatic rings. The zero-order valence-electron chi connectivity index (χ0n) is 28.4. The van der Waals surface area contributed by atoms with E-state index in [1.807, 2.05) is 49.4 Å². The molecule has 12 heteroatoms. The lowest BCUT2D eigenvalue weighted by Crippen LogP contribution is -2.40. The standard InChI is InChI=1S/C39H35IN2O8S/c1-5-47-32-20-26(15-17-31(32)50-22-34(43)46-4)36-35(38(45)48-6-2)23(3)41-39-42(36)37(44)33(51-39)19-24-14-16-30(29(40)18-24)49-21-27-12-9-11-25-10-7-8-13-28(25)27/h7-20,36H,5-6,21-22H2,1-4H3/b33-19-/t36-/m0/s1. The summed E-state index contributed by atoms with van der Waals surface area (Å²) in [6.45, 7) is 5.84. The van der Waals surface area contributed by atoms with Crippen molar-refractivity contribution in [2.24, 2.45) is 4.99 Å². The topological polar surface area (TPSA) is 115 Å². The summed E-state index contributed by atoms with van der Waals surface area (Å²) in [5, 5.41) is 2.31. The number of fused-ring (bicyclic) bond motifs is 2. The van der Waals surface area contributed by atoms with Gasteiger partial charge >= 0.3 is 11.9 Å². The van der Waals surface area contributed by atoms with Crippen LogP contribution in [0.2, 0.25) is 0 Å². The normalized spacial score (nSPS) is 14.1. The number of rotatable bonds is 12. The van der Waals surface area contributed by atoms with Crippen LogP contribution >= 0.6 is 33.9 Å². The summed E-state index contributed by atoms with van der Waals surface area (Å²) < 4.78 is 30.7. The number of carbonyl (C=O) groups excluding carboxylic acids is 2. The first-order chi connectivity index (χ1) is 24.7. The molecule has 0 unspecified atom stereocenters. The lowest BCUT2D eigenvalue weighted by Gasteiger charge is -2.25. The Balaban J connectivity index is 1.36.